The Balaban J connectivity index is 2.28. The Bertz CT molecular complexity index is 476. The molecule has 0 saturated carbocycles. The van der Waals surface area contributed by atoms with Crippen molar-refractivity contribution in [3.63, 3.8) is 0 Å². The van der Waals surface area contributed by atoms with E-state index >= 15 is 0 Å². The van der Waals surface area contributed by atoms with Crippen molar-refractivity contribution in [2.24, 2.45) is 7.05 Å². The number of ether oxygens (including phenoxy) is 1. The van der Waals surface area contributed by atoms with Gasteiger partial charge in [0, 0.05) is 13.6 Å². The van der Waals surface area contributed by atoms with E-state index in [-0.39, 0.29) is 6.09 Å². The van der Waals surface area contributed by atoms with Crippen LogP contribution < -0.4 is 4.90 Å². The van der Waals surface area contributed by atoms with E-state index < -0.39 is 5.60 Å². The standard InChI is InChI=1S/C11H15N3O2/c1-11(2)9-8-7(13(3)12-9)5-4-6-14(8)10(15)16-11/h4-6H2,1-3H3. The minimum absolute atomic E-state index is 0.244. The summed E-state index contributed by atoms with van der Waals surface area (Å²) in [4.78, 5) is 13.6. The van der Waals surface area contributed by atoms with Gasteiger partial charge < -0.3 is 4.74 Å². The zero-order valence-electron chi connectivity index (χ0n) is 9.78. The number of aromatic nitrogens is 2. The van der Waals surface area contributed by atoms with Crippen molar-refractivity contribution in [2.75, 3.05) is 11.4 Å². The molecule has 1 aromatic heterocycles. The average Bonchev–Trinajstić information content (AvgIpc) is 2.55. The third-order valence-corrected chi connectivity index (χ3v) is 3.34. The fourth-order valence-corrected chi connectivity index (χ4v) is 2.54. The van der Waals surface area contributed by atoms with Gasteiger partial charge in [-0.3, -0.25) is 9.58 Å². The maximum atomic E-state index is 11.9. The van der Waals surface area contributed by atoms with Crippen molar-refractivity contribution >= 4 is 11.8 Å². The highest BCUT2D eigenvalue weighted by Gasteiger charge is 2.44. The fourth-order valence-electron chi connectivity index (χ4n) is 2.54. The highest BCUT2D eigenvalue weighted by molar-refractivity contribution is 5.92. The summed E-state index contributed by atoms with van der Waals surface area (Å²) in [5.74, 6) is 0. The molecule has 3 rings (SSSR count). The van der Waals surface area contributed by atoms with Crippen molar-refractivity contribution in [3.8, 4) is 0 Å². The van der Waals surface area contributed by atoms with E-state index in [2.05, 4.69) is 5.10 Å². The molecule has 5 heteroatoms. The number of carbonyl (C=O) groups excluding carboxylic acids is 1. The predicted molar refractivity (Wildman–Crippen MR) is 58.4 cm³/mol. The Morgan fingerprint density at radius 3 is 2.94 bits per heavy atom. The molecule has 1 aromatic rings. The van der Waals surface area contributed by atoms with Crippen LogP contribution in [0, 0.1) is 0 Å². The third-order valence-electron chi connectivity index (χ3n) is 3.34. The number of anilines is 1. The summed E-state index contributed by atoms with van der Waals surface area (Å²) >= 11 is 0. The zero-order valence-corrected chi connectivity index (χ0v) is 9.78. The lowest BCUT2D eigenvalue weighted by Gasteiger charge is -2.37. The van der Waals surface area contributed by atoms with Gasteiger partial charge in [-0.25, -0.2) is 4.79 Å². The van der Waals surface area contributed by atoms with Crippen LogP contribution in [0.5, 0.6) is 0 Å². The van der Waals surface area contributed by atoms with Gasteiger partial charge in [0.25, 0.3) is 0 Å². The van der Waals surface area contributed by atoms with Crippen LogP contribution in [0.2, 0.25) is 0 Å². The Morgan fingerprint density at radius 2 is 2.19 bits per heavy atom. The lowest BCUT2D eigenvalue weighted by molar-refractivity contribution is 0.0313. The van der Waals surface area contributed by atoms with Gasteiger partial charge in [0.1, 0.15) is 5.69 Å². The van der Waals surface area contributed by atoms with Crippen molar-refractivity contribution in [1.29, 1.82) is 0 Å². The lowest BCUT2D eigenvalue weighted by atomic mass is 9.97. The van der Waals surface area contributed by atoms with Crippen LogP contribution in [0.15, 0.2) is 0 Å². The number of amides is 1. The van der Waals surface area contributed by atoms with Gasteiger partial charge in [0.2, 0.25) is 0 Å². The van der Waals surface area contributed by atoms with Crippen molar-refractivity contribution in [3.05, 3.63) is 11.4 Å². The molecular formula is C11H15N3O2. The minimum Gasteiger partial charge on any atom is -0.436 e. The highest BCUT2D eigenvalue weighted by Crippen LogP contribution is 2.42. The minimum atomic E-state index is -0.615. The molecule has 5 nitrogen and oxygen atoms in total. The monoisotopic (exact) mass is 221 g/mol. The summed E-state index contributed by atoms with van der Waals surface area (Å²) < 4.78 is 7.29. The maximum Gasteiger partial charge on any atom is 0.415 e. The molecule has 0 aromatic carbocycles. The first-order valence-corrected chi connectivity index (χ1v) is 5.57. The number of rotatable bonds is 0. The first kappa shape index (κ1) is 9.69. The molecule has 0 saturated heterocycles. The maximum absolute atomic E-state index is 11.9. The average molecular weight is 221 g/mol. The Hall–Kier alpha value is -1.52. The number of cyclic esters (lactones) is 1. The number of aryl methyl sites for hydroxylation is 1. The molecule has 2 aliphatic heterocycles. The Morgan fingerprint density at radius 1 is 1.44 bits per heavy atom. The summed E-state index contributed by atoms with van der Waals surface area (Å²) in [6.45, 7) is 4.51. The SMILES string of the molecule is Cn1nc2c3c1CCCN3C(=O)OC2(C)C. The second-order valence-electron chi connectivity index (χ2n) is 4.90. The van der Waals surface area contributed by atoms with Gasteiger partial charge in [-0.2, -0.15) is 5.10 Å². The topological polar surface area (TPSA) is 47.4 Å². The summed E-state index contributed by atoms with van der Waals surface area (Å²) in [5, 5.41) is 4.50. The fraction of sp³-hybridized carbons (Fsp3) is 0.636. The first-order chi connectivity index (χ1) is 7.50. The van der Waals surface area contributed by atoms with Crippen LogP contribution in [0.4, 0.5) is 10.5 Å². The lowest BCUT2D eigenvalue weighted by Crippen LogP contribution is -2.45. The molecule has 86 valence electrons. The summed E-state index contributed by atoms with van der Waals surface area (Å²) in [5.41, 5.74) is 2.39. The van der Waals surface area contributed by atoms with E-state index in [0.29, 0.717) is 0 Å². The molecule has 16 heavy (non-hydrogen) atoms. The Labute approximate surface area is 94.0 Å². The largest absolute Gasteiger partial charge is 0.436 e. The molecule has 2 aliphatic rings. The van der Waals surface area contributed by atoms with Crippen molar-refractivity contribution in [1.82, 2.24) is 9.78 Å². The van der Waals surface area contributed by atoms with Crippen LogP contribution in [0.1, 0.15) is 31.7 Å². The molecule has 0 atom stereocenters. The zero-order chi connectivity index (χ0) is 11.5. The number of hydrogen-bond donors (Lipinski definition) is 0. The predicted octanol–water partition coefficient (Wildman–Crippen LogP) is 1.56. The Kier molecular flexibility index (Phi) is 1.68. The van der Waals surface area contributed by atoms with Gasteiger partial charge in [0.05, 0.1) is 11.4 Å². The highest BCUT2D eigenvalue weighted by atomic mass is 16.6. The smallest absolute Gasteiger partial charge is 0.415 e. The molecule has 0 radical (unpaired) electrons. The van der Waals surface area contributed by atoms with Gasteiger partial charge in [-0.15, -0.1) is 0 Å². The van der Waals surface area contributed by atoms with Gasteiger partial charge >= 0.3 is 6.09 Å². The molecule has 0 aliphatic carbocycles. The van der Waals surface area contributed by atoms with E-state index in [1.54, 1.807) is 4.90 Å². The van der Waals surface area contributed by atoms with Gasteiger partial charge in [0.15, 0.2) is 5.60 Å². The molecule has 1 amide bonds. The number of nitrogens with zero attached hydrogens (tertiary/aromatic N) is 3. The quantitative estimate of drug-likeness (QED) is 0.668. The number of carbonyl (C=O) groups is 1. The van der Waals surface area contributed by atoms with Gasteiger partial charge in [-0.05, 0) is 26.7 Å². The van der Waals surface area contributed by atoms with E-state index in [1.807, 2.05) is 25.6 Å². The molecule has 0 N–H and O–H groups in total. The van der Waals surface area contributed by atoms with Crippen molar-refractivity contribution < 1.29 is 9.53 Å². The summed E-state index contributed by atoms with van der Waals surface area (Å²) in [6, 6.07) is 0. The van der Waals surface area contributed by atoms with Crippen LogP contribution in [-0.4, -0.2) is 22.4 Å². The van der Waals surface area contributed by atoms with E-state index in [9.17, 15) is 4.79 Å². The molecule has 0 unspecified atom stereocenters. The second-order valence-corrected chi connectivity index (χ2v) is 4.90. The van der Waals surface area contributed by atoms with E-state index in [0.717, 1.165) is 36.5 Å². The molecule has 0 fully saturated rings. The molecule has 0 spiro atoms. The van der Waals surface area contributed by atoms with Crippen LogP contribution in [-0.2, 0) is 23.8 Å². The number of hydrogen-bond acceptors (Lipinski definition) is 3. The summed E-state index contributed by atoms with van der Waals surface area (Å²) in [7, 11) is 1.93. The summed E-state index contributed by atoms with van der Waals surface area (Å²) in [6.07, 6.45) is 1.71. The molecule has 3 heterocycles. The third kappa shape index (κ3) is 1.06. The molecule has 0 bridgehead atoms. The normalized spacial score (nSPS) is 21.7. The van der Waals surface area contributed by atoms with E-state index in [4.69, 9.17) is 4.74 Å². The molecular weight excluding hydrogens is 206 g/mol. The van der Waals surface area contributed by atoms with Crippen LogP contribution in [0.25, 0.3) is 0 Å². The van der Waals surface area contributed by atoms with Crippen molar-refractivity contribution in [2.45, 2.75) is 32.3 Å². The van der Waals surface area contributed by atoms with Crippen LogP contribution in [0.3, 0.4) is 0 Å². The van der Waals surface area contributed by atoms with E-state index in [1.165, 1.54) is 0 Å². The first-order valence-electron chi connectivity index (χ1n) is 5.57. The van der Waals surface area contributed by atoms with Crippen LogP contribution >= 0.6 is 0 Å². The second kappa shape index (κ2) is 2.78. The van der Waals surface area contributed by atoms with Gasteiger partial charge in [-0.1, -0.05) is 0 Å².